The quantitative estimate of drug-likeness (QED) is 0.720. The van der Waals surface area contributed by atoms with Gasteiger partial charge >= 0.3 is 0 Å². The Morgan fingerprint density at radius 3 is 2.87 bits per heavy atom. The van der Waals surface area contributed by atoms with E-state index >= 15 is 0 Å². The van der Waals surface area contributed by atoms with E-state index in [1.165, 1.54) is 0 Å². The van der Waals surface area contributed by atoms with Gasteiger partial charge in [0.05, 0.1) is 31.9 Å². The standard InChI is InChI=1S/C16H17BrClNO4/c1-20-11-4-3-10(13(7-11)21-2)9-19-14(18)8-12(17)15-16(19)23-6-5-22-15/h3-4,7-8,16H,5-6,9H2,1-2H3/t16-/m1/s1. The molecule has 2 aliphatic heterocycles. The Labute approximate surface area is 148 Å². The molecule has 1 aromatic rings. The minimum Gasteiger partial charge on any atom is -0.497 e. The molecular formula is C16H17BrClNO4. The molecule has 23 heavy (non-hydrogen) atoms. The smallest absolute Gasteiger partial charge is 0.190 e. The van der Waals surface area contributed by atoms with Crippen LogP contribution in [0.3, 0.4) is 0 Å². The molecule has 0 bridgehead atoms. The van der Waals surface area contributed by atoms with Crippen molar-refractivity contribution in [2.45, 2.75) is 12.8 Å². The van der Waals surface area contributed by atoms with Crippen LogP contribution in [0.15, 0.2) is 39.7 Å². The summed E-state index contributed by atoms with van der Waals surface area (Å²) in [6.45, 7) is 1.58. The number of ether oxygens (including phenoxy) is 4. The van der Waals surface area contributed by atoms with Crippen LogP contribution >= 0.6 is 27.5 Å². The normalized spacial score (nSPS) is 20.6. The first kappa shape index (κ1) is 16.5. The molecule has 5 nitrogen and oxygen atoms in total. The highest BCUT2D eigenvalue weighted by atomic mass is 79.9. The van der Waals surface area contributed by atoms with Crippen LogP contribution in [0.5, 0.6) is 11.5 Å². The number of hydrogen-bond acceptors (Lipinski definition) is 5. The first-order valence-electron chi connectivity index (χ1n) is 7.13. The van der Waals surface area contributed by atoms with Gasteiger partial charge in [-0.05, 0) is 34.1 Å². The number of hydrogen-bond donors (Lipinski definition) is 0. The van der Waals surface area contributed by atoms with Crippen molar-refractivity contribution in [1.82, 2.24) is 4.90 Å². The molecule has 124 valence electrons. The highest BCUT2D eigenvalue weighted by Gasteiger charge is 2.34. The van der Waals surface area contributed by atoms with Crippen LogP contribution < -0.4 is 9.47 Å². The Hall–Kier alpha value is -1.37. The van der Waals surface area contributed by atoms with E-state index in [9.17, 15) is 0 Å². The molecule has 0 radical (unpaired) electrons. The molecule has 0 amide bonds. The number of fused-ring (bicyclic) bond motifs is 1. The number of benzene rings is 1. The third kappa shape index (κ3) is 3.29. The van der Waals surface area contributed by atoms with Crippen LogP contribution in [0, 0.1) is 0 Å². The Balaban J connectivity index is 1.89. The van der Waals surface area contributed by atoms with Gasteiger partial charge in [0, 0.05) is 11.6 Å². The van der Waals surface area contributed by atoms with E-state index in [0.29, 0.717) is 24.9 Å². The van der Waals surface area contributed by atoms with Crippen molar-refractivity contribution in [2.24, 2.45) is 0 Å². The van der Waals surface area contributed by atoms with Crippen molar-refractivity contribution in [3.05, 3.63) is 45.2 Å². The zero-order chi connectivity index (χ0) is 16.4. The monoisotopic (exact) mass is 401 g/mol. The summed E-state index contributed by atoms with van der Waals surface area (Å²) in [7, 11) is 3.26. The second kappa shape index (κ2) is 7.03. The van der Waals surface area contributed by atoms with Gasteiger partial charge in [0.2, 0.25) is 0 Å². The molecule has 0 unspecified atom stereocenters. The maximum Gasteiger partial charge on any atom is 0.190 e. The maximum atomic E-state index is 6.42. The third-order valence-electron chi connectivity index (χ3n) is 3.71. The zero-order valence-electron chi connectivity index (χ0n) is 12.8. The molecule has 3 rings (SSSR count). The van der Waals surface area contributed by atoms with E-state index in [0.717, 1.165) is 27.3 Å². The lowest BCUT2D eigenvalue weighted by molar-refractivity contribution is -0.106. The van der Waals surface area contributed by atoms with E-state index in [1.807, 2.05) is 29.2 Å². The number of rotatable bonds is 4. The highest BCUT2D eigenvalue weighted by Crippen LogP contribution is 2.37. The minimum absolute atomic E-state index is 0.345. The van der Waals surface area contributed by atoms with Crippen molar-refractivity contribution in [1.29, 1.82) is 0 Å². The Kier molecular flexibility index (Phi) is 5.04. The lowest BCUT2D eigenvalue weighted by Crippen LogP contribution is -2.43. The average molecular weight is 403 g/mol. The van der Waals surface area contributed by atoms with Gasteiger partial charge in [0.25, 0.3) is 0 Å². The first-order valence-corrected chi connectivity index (χ1v) is 8.30. The summed E-state index contributed by atoms with van der Waals surface area (Å²) in [4.78, 5) is 1.94. The molecular weight excluding hydrogens is 386 g/mol. The van der Waals surface area contributed by atoms with Crippen molar-refractivity contribution < 1.29 is 18.9 Å². The summed E-state index contributed by atoms with van der Waals surface area (Å²) >= 11 is 9.90. The fourth-order valence-corrected chi connectivity index (χ4v) is 3.49. The summed E-state index contributed by atoms with van der Waals surface area (Å²) in [6.07, 6.45) is 1.47. The van der Waals surface area contributed by atoms with Crippen molar-refractivity contribution in [2.75, 3.05) is 27.4 Å². The van der Waals surface area contributed by atoms with E-state index in [1.54, 1.807) is 14.2 Å². The molecule has 1 atom stereocenters. The van der Waals surface area contributed by atoms with Crippen LogP contribution in [-0.2, 0) is 16.0 Å². The number of halogens is 2. The maximum absolute atomic E-state index is 6.42. The summed E-state index contributed by atoms with van der Waals surface area (Å²) in [5, 5.41) is 0.578. The van der Waals surface area contributed by atoms with E-state index in [4.69, 9.17) is 30.5 Å². The second-order valence-electron chi connectivity index (χ2n) is 5.06. The molecule has 2 heterocycles. The molecule has 1 fully saturated rings. The molecule has 0 aromatic heterocycles. The van der Waals surface area contributed by atoms with E-state index in [-0.39, 0.29) is 6.23 Å². The van der Waals surface area contributed by atoms with Crippen LogP contribution in [-0.4, -0.2) is 38.6 Å². The summed E-state index contributed by atoms with van der Waals surface area (Å²) in [5.41, 5.74) is 0.978. The molecule has 1 aromatic carbocycles. The predicted octanol–water partition coefficient (Wildman–Crippen LogP) is 3.58. The summed E-state index contributed by atoms with van der Waals surface area (Å²) in [6, 6.07) is 5.70. The molecule has 2 aliphatic rings. The molecule has 0 N–H and O–H groups in total. The zero-order valence-corrected chi connectivity index (χ0v) is 15.2. The summed E-state index contributed by atoms with van der Waals surface area (Å²) in [5.74, 6) is 2.22. The topological polar surface area (TPSA) is 40.2 Å². The number of methoxy groups -OCH3 is 2. The number of nitrogens with zero attached hydrogens (tertiary/aromatic N) is 1. The van der Waals surface area contributed by atoms with Crippen molar-refractivity contribution in [3.63, 3.8) is 0 Å². The van der Waals surface area contributed by atoms with E-state index < -0.39 is 0 Å². The van der Waals surface area contributed by atoms with Crippen molar-refractivity contribution >= 4 is 27.5 Å². The second-order valence-corrected chi connectivity index (χ2v) is 6.30. The molecule has 0 spiro atoms. The first-order chi connectivity index (χ1) is 11.1. The van der Waals surface area contributed by atoms with Crippen LogP contribution in [0.2, 0.25) is 0 Å². The molecule has 0 saturated carbocycles. The van der Waals surface area contributed by atoms with Crippen LogP contribution in [0.25, 0.3) is 0 Å². The van der Waals surface area contributed by atoms with Gasteiger partial charge in [0.1, 0.15) is 23.3 Å². The van der Waals surface area contributed by atoms with Gasteiger partial charge in [-0.15, -0.1) is 0 Å². The van der Waals surface area contributed by atoms with Gasteiger partial charge in [-0.3, -0.25) is 0 Å². The SMILES string of the molecule is COc1ccc(CN2C(Cl)=CC(Br)=C3OCCO[C@H]32)c(OC)c1. The van der Waals surface area contributed by atoms with Crippen LogP contribution in [0.4, 0.5) is 0 Å². The molecule has 0 aliphatic carbocycles. The fourth-order valence-electron chi connectivity index (χ4n) is 2.57. The van der Waals surface area contributed by atoms with Crippen LogP contribution in [0.1, 0.15) is 5.56 Å². The van der Waals surface area contributed by atoms with Gasteiger partial charge in [-0.25, -0.2) is 0 Å². The van der Waals surface area contributed by atoms with Gasteiger partial charge < -0.3 is 23.8 Å². The van der Waals surface area contributed by atoms with Crippen molar-refractivity contribution in [3.8, 4) is 11.5 Å². The third-order valence-corrected chi connectivity index (χ3v) is 4.66. The Bertz CT molecular complexity index is 661. The largest absolute Gasteiger partial charge is 0.497 e. The van der Waals surface area contributed by atoms with Gasteiger partial charge in [0.15, 0.2) is 12.0 Å². The average Bonchev–Trinajstić information content (AvgIpc) is 2.58. The molecule has 1 saturated heterocycles. The molecule has 7 heteroatoms. The van der Waals surface area contributed by atoms with Gasteiger partial charge in [-0.1, -0.05) is 11.6 Å². The van der Waals surface area contributed by atoms with E-state index in [2.05, 4.69) is 15.9 Å². The Morgan fingerprint density at radius 1 is 1.30 bits per heavy atom. The highest BCUT2D eigenvalue weighted by molar-refractivity contribution is 9.11. The lowest BCUT2D eigenvalue weighted by Gasteiger charge is -2.39. The predicted molar refractivity (Wildman–Crippen MR) is 90.7 cm³/mol. The number of allylic oxidation sites excluding steroid dienone is 2. The summed E-state index contributed by atoms with van der Waals surface area (Å²) < 4.78 is 23.1. The minimum atomic E-state index is -0.345. The Morgan fingerprint density at radius 2 is 2.13 bits per heavy atom. The lowest BCUT2D eigenvalue weighted by atomic mass is 10.1. The fraction of sp³-hybridized carbons (Fsp3) is 0.375. The van der Waals surface area contributed by atoms with Gasteiger partial charge in [-0.2, -0.15) is 0 Å².